The molecule has 0 unspecified atom stereocenters. The Morgan fingerprint density at radius 3 is 2.60 bits per heavy atom. The third kappa shape index (κ3) is 3.82. The molecule has 1 aliphatic rings. The summed E-state index contributed by atoms with van der Waals surface area (Å²) in [5.41, 5.74) is 3.55. The molecule has 0 aliphatic carbocycles. The SMILES string of the molecule is CCOC(=O)c1ccc(NC(=O)CN2c3ccccc3C[C@@H]2C)cc1. The number of amides is 1. The van der Waals surface area contributed by atoms with Gasteiger partial charge in [-0.05, 0) is 56.2 Å². The number of esters is 1. The predicted octanol–water partition coefficient (Wildman–Crippen LogP) is 3.25. The average molecular weight is 338 g/mol. The first-order valence-corrected chi connectivity index (χ1v) is 8.50. The van der Waals surface area contributed by atoms with Crippen molar-refractivity contribution in [2.24, 2.45) is 0 Å². The molecular weight excluding hydrogens is 316 g/mol. The van der Waals surface area contributed by atoms with Crippen molar-refractivity contribution in [2.75, 3.05) is 23.4 Å². The van der Waals surface area contributed by atoms with Crippen LogP contribution >= 0.6 is 0 Å². The molecule has 1 aliphatic heterocycles. The van der Waals surface area contributed by atoms with E-state index in [0.29, 0.717) is 30.4 Å². The highest BCUT2D eigenvalue weighted by Gasteiger charge is 2.26. The maximum absolute atomic E-state index is 12.4. The minimum absolute atomic E-state index is 0.0764. The van der Waals surface area contributed by atoms with Gasteiger partial charge in [0.2, 0.25) is 5.91 Å². The van der Waals surface area contributed by atoms with E-state index in [9.17, 15) is 9.59 Å². The van der Waals surface area contributed by atoms with Crippen LogP contribution in [0.5, 0.6) is 0 Å². The summed E-state index contributed by atoms with van der Waals surface area (Å²) in [5, 5.41) is 2.89. The van der Waals surface area contributed by atoms with Gasteiger partial charge in [-0.25, -0.2) is 4.79 Å². The number of nitrogens with zero attached hydrogens (tertiary/aromatic N) is 1. The molecule has 1 N–H and O–H groups in total. The molecule has 0 radical (unpaired) electrons. The lowest BCUT2D eigenvalue weighted by Crippen LogP contribution is -2.37. The molecule has 130 valence electrons. The zero-order valence-corrected chi connectivity index (χ0v) is 14.5. The van der Waals surface area contributed by atoms with Gasteiger partial charge in [-0.1, -0.05) is 18.2 Å². The number of benzene rings is 2. The lowest BCUT2D eigenvalue weighted by Gasteiger charge is -2.24. The van der Waals surface area contributed by atoms with Crippen LogP contribution in [0.2, 0.25) is 0 Å². The number of hydrogen-bond donors (Lipinski definition) is 1. The molecule has 3 rings (SSSR count). The highest BCUT2D eigenvalue weighted by atomic mass is 16.5. The van der Waals surface area contributed by atoms with E-state index in [4.69, 9.17) is 4.74 Å². The summed E-state index contributed by atoms with van der Waals surface area (Å²) in [7, 11) is 0. The first-order chi connectivity index (χ1) is 12.1. The highest BCUT2D eigenvalue weighted by molar-refractivity contribution is 5.95. The Bertz CT molecular complexity index is 771. The molecule has 5 heteroatoms. The Labute approximate surface area is 147 Å². The van der Waals surface area contributed by atoms with E-state index < -0.39 is 0 Å². The van der Waals surface area contributed by atoms with Gasteiger partial charge in [0.25, 0.3) is 0 Å². The lowest BCUT2D eigenvalue weighted by molar-refractivity contribution is -0.115. The fraction of sp³-hybridized carbons (Fsp3) is 0.300. The molecule has 2 aromatic carbocycles. The molecule has 0 bridgehead atoms. The first kappa shape index (κ1) is 17.0. The topological polar surface area (TPSA) is 58.6 Å². The van der Waals surface area contributed by atoms with Crippen LogP contribution in [-0.2, 0) is 16.0 Å². The van der Waals surface area contributed by atoms with Crippen molar-refractivity contribution in [1.29, 1.82) is 0 Å². The van der Waals surface area contributed by atoms with E-state index in [2.05, 4.69) is 29.3 Å². The fourth-order valence-electron chi connectivity index (χ4n) is 3.13. The number of hydrogen-bond acceptors (Lipinski definition) is 4. The van der Waals surface area contributed by atoms with Crippen molar-refractivity contribution in [3.8, 4) is 0 Å². The summed E-state index contributed by atoms with van der Waals surface area (Å²) >= 11 is 0. The van der Waals surface area contributed by atoms with Gasteiger partial charge in [0, 0.05) is 17.4 Å². The molecule has 0 spiro atoms. The number of fused-ring (bicyclic) bond motifs is 1. The quantitative estimate of drug-likeness (QED) is 0.850. The van der Waals surface area contributed by atoms with Crippen LogP contribution in [0.1, 0.15) is 29.8 Å². The van der Waals surface area contributed by atoms with Crippen LogP contribution in [0.4, 0.5) is 11.4 Å². The monoisotopic (exact) mass is 338 g/mol. The van der Waals surface area contributed by atoms with Gasteiger partial charge in [-0.2, -0.15) is 0 Å². The van der Waals surface area contributed by atoms with Crippen molar-refractivity contribution in [3.63, 3.8) is 0 Å². The van der Waals surface area contributed by atoms with E-state index >= 15 is 0 Å². The summed E-state index contributed by atoms with van der Waals surface area (Å²) in [6.07, 6.45) is 0.956. The number of anilines is 2. The van der Waals surface area contributed by atoms with E-state index in [1.54, 1.807) is 31.2 Å². The number of carbonyl (C=O) groups excluding carboxylic acids is 2. The Morgan fingerprint density at radius 1 is 1.16 bits per heavy atom. The van der Waals surface area contributed by atoms with Crippen molar-refractivity contribution in [1.82, 2.24) is 0 Å². The minimum atomic E-state index is -0.358. The summed E-state index contributed by atoms with van der Waals surface area (Å²) in [5.74, 6) is -0.435. The molecule has 1 atom stereocenters. The number of nitrogens with one attached hydrogen (secondary N) is 1. The summed E-state index contributed by atoms with van der Waals surface area (Å²) in [6.45, 7) is 4.54. The van der Waals surface area contributed by atoms with Gasteiger partial charge in [-0.15, -0.1) is 0 Å². The van der Waals surface area contributed by atoms with Crippen LogP contribution < -0.4 is 10.2 Å². The van der Waals surface area contributed by atoms with E-state index in [-0.39, 0.29) is 11.9 Å². The van der Waals surface area contributed by atoms with Crippen molar-refractivity contribution in [3.05, 3.63) is 59.7 Å². The Kier molecular flexibility index (Phi) is 5.03. The van der Waals surface area contributed by atoms with E-state index in [0.717, 1.165) is 12.1 Å². The second-order valence-electron chi connectivity index (χ2n) is 6.16. The van der Waals surface area contributed by atoms with Gasteiger partial charge < -0.3 is 15.0 Å². The standard InChI is InChI=1S/C20H22N2O3/c1-3-25-20(24)15-8-10-17(11-9-15)21-19(23)13-22-14(2)12-16-6-4-5-7-18(16)22/h4-11,14H,3,12-13H2,1-2H3,(H,21,23)/t14-/m0/s1. The molecular formula is C20H22N2O3. The third-order valence-electron chi connectivity index (χ3n) is 4.34. The summed E-state index contributed by atoms with van der Waals surface area (Å²) in [4.78, 5) is 26.2. The van der Waals surface area contributed by atoms with Crippen LogP contribution in [0.15, 0.2) is 48.5 Å². The zero-order valence-electron chi connectivity index (χ0n) is 14.5. The largest absolute Gasteiger partial charge is 0.462 e. The lowest BCUT2D eigenvalue weighted by atomic mass is 10.1. The van der Waals surface area contributed by atoms with Crippen molar-refractivity contribution in [2.45, 2.75) is 26.3 Å². The maximum Gasteiger partial charge on any atom is 0.338 e. The number of rotatable bonds is 5. The van der Waals surface area contributed by atoms with E-state index in [1.165, 1.54) is 5.56 Å². The van der Waals surface area contributed by atoms with Gasteiger partial charge in [-0.3, -0.25) is 4.79 Å². The summed E-state index contributed by atoms with van der Waals surface area (Å²) in [6, 6.07) is 15.2. The molecule has 5 nitrogen and oxygen atoms in total. The maximum atomic E-state index is 12.4. The van der Waals surface area contributed by atoms with Crippen LogP contribution in [0, 0.1) is 0 Å². The minimum Gasteiger partial charge on any atom is -0.462 e. The van der Waals surface area contributed by atoms with Crippen molar-refractivity contribution >= 4 is 23.3 Å². The molecule has 1 amide bonds. The second-order valence-corrected chi connectivity index (χ2v) is 6.16. The van der Waals surface area contributed by atoms with Crippen molar-refractivity contribution < 1.29 is 14.3 Å². The molecule has 1 heterocycles. The zero-order chi connectivity index (χ0) is 17.8. The van der Waals surface area contributed by atoms with Crippen LogP contribution in [0.3, 0.4) is 0 Å². The Hall–Kier alpha value is -2.82. The number of ether oxygens (including phenoxy) is 1. The molecule has 25 heavy (non-hydrogen) atoms. The van der Waals surface area contributed by atoms with Gasteiger partial charge in [0.05, 0.1) is 18.7 Å². The van der Waals surface area contributed by atoms with Crippen LogP contribution in [-0.4, -0.2) is 31.1 Å². The third-order valence-corrected chi connectivity index (χ3v) is 4.34. The van der Waals surface area contributed by atoms with E-state index in [1.807, 2.05) is 12.1 Å². The fourth-order valence-corrected chi connectivity index (χ4v) is 3.13. The number of carbonyl (C=O) groups is 2. The Balaban J connectivity index is 1.62. The molecule has 0 saturated carbocycles. The predicted molar refractivity (Wildman–Crippen MR) is 98.0 cm³/mol. The molecule has 2 aromatic rings. The summed E-state index contributed by atoms with van der Waals surface area (Å²) < 4.78 is 4.95. The highest BCUT2D eigenvalue weighted by Crippen LogP contribution is 2.31. The van der Waals surface area contributed by atoms with Gasteiger partial charge >= 0.3 is 5.97 Å². The normalized spacial score (nSPS) is 15.6. The number of para-hydroxylation sites is 1. The molecule has 0 aromatic heterocycles. The smallest absolute Gasteiger partial charge is 0.338 e. The van der Waals surface area contributed by atoms with Gasteiger partial charge in [0.15, 0.2) is 0 Å². The van der Waals surface area contributed by atoms with Crippen LogP contribution in [0.25, 0.3) is 0 Å². The Morgan fingerprint density at radius 2 is 1.88 bits per heavy atom. The first-order valence-electron chi connectivity index (χ1n) is 8.50. The molecule has 0 saturated heterocycles. The second kappa shape index (κ2) is 7.38. The molecule has 0 fully saturated rings. The average Bonchev–Trinajstić information content (AvgIpc) is 2.91. The van der Waals surface area contributed by atoms with Gasteiger partial charge in [0.1, 0.15) is 0 Å².